The molecular weight excluding hydrogens is 238 g/mol. The monoisotopic (exact) mass is 255 g/mol. The molecule has 0 fully saturated rings. The normalized spacial score (nSPS) is 10.2. The summed E-state index contributed by atoms with van der Waals surface area (Å²) in [7, 11) is 0. The standard InChI is InChI=1S/C15H17N3O/c1-2-18(11-12-7-4-3-5-8-12)15(19)13-9-6-10-14(16)17-13/h3-10H,2,11H2,1H3,(H2,16,17). The maximum atomic E-state index is 12.3. The molecule has 0 bridgehead atoms. The van der Waals surface area contributed by atoms with Crippen LogP contribution in [0.15, 0.2) is 48.5 Å². The molecule has 2 rings (SSSR count). The van der Waals surface area contributed by atoms with Crippen molar-refractivity contribution in [3.05, 3.63) is 59.8 Å². The Morgan fingerprint density at radius 1 is 1.16 bits per heavy atom. The number of amides is 1. The van der Waals surface area contributed by atoms with Crippen molar-refractivity contribution in [2.24, 2.45) is 0 Å². The lowest BCUT2D eigenvalue weighted by Gasteiger charge is -2.20. The molecule has 0 aliphatic carbocycles. The molecule has 2 aromatic rings. The van der Waals surface area contributed by atoms with E-state index in [1.165, 1.54) is 0 Å². The Bertz CT molecular complexity index is 554. The highest BCUT2D eigenvalue weighted by molar-refractivity contribution is 5.92. The number of anilines is 1. The minimum absolute atomic E-state index is 0.0985. The molecule has 19 heavy (non-hydrogen) atoms. The van der Waals surface area contributed by atoms with Gasteiger partial charge in [0.2, 0.25) is 0 Å². The first-order valence-electron chi connectivity index (χ1n) is 6.26. The highest BCUT2D eigenvalue weighted by Gasteiger charge is 2.15. The lowest BCUT2D eigenvalue weighted by atomic mass is 10.2. The molecule has 98 valence electrons. The van der Waals surface area contributed by atoms with Crippen LogP contribution < -0.4 is 5.73 Å². The number of aromatic nitrogens is 1. The average Bonchev–Trinajstić information content (AvgIpc) is 2.45. The van der Waals surface area contributed by atoms with Crippen LogP contribution in [0.2, 0.25) is 0 Å². The van der Waals surface area contributed by atoms with Crippen molar-refractivity contribution >= 4 is 11.7 Å². The topological polar surface area (TPSA) is 59.2 Å². The van der Waals surface area contributed by atoms with Crippen molar-refractivity contribution in [2.75, 3.05) is 12.3 Å². The Morgan fingerprint density at radius 3 is 2.53 bits per heavy atom. The second-order valence-electron chi connectivity index (χ2n) is 4.25. The second-order valence-corrected chi connectivity index (χ2v) is 4.25. The zero-order valence-electron chi connectivity index (χ0n) is 10.9. The third-order valence-corrected chi connectivity index (χ3v) is 2.87. The summed E-state index contributed by atoms with van der Waals surface area (Å²) in [5.41, 5.74) is 7.09. The van der Waals surface area contributed by atoms with Gasteiger partial charge in [0, 0.05) is 13.1 Å². The molecule has 0 saturated carbocycles. The Kier molecular flexibility index (Phi) is 4.13. The molecule has 0 atom stereocenters. The number of hydrogen-bond acceptors (Lipinski definition) is 3. The van der Waals surface area contributed by atoms with Gasteiger partial charge in [0.15, 0.2) is 0 Å². The number of nitrogens with zero attached hydrogens (tertiary/aromatic N) is 2. The van der Waals surface area contributed by atoms with Crippen LogP contribution in [0, 0.1) is 0 Å². The van der Waals surface area contributed by atoms with Gasteiger partial charge in [-0.2, -0.15) is 0 Å². The number of pyridine rings is 1. The van der Waals surface area contributed by atoms with Crippen molar-refractivity contribution in [3.63, 3.8) is 0 Å². The number of hydrogen-bond donors (Lipinski definition) is 1. The Hall–Kier alpha value is -2.36. The molecule has 4 nitrogen and oxygen atoms in total. The molecule has 0 unspecified atom stereocenters. The van der Waals surface area contributed by atoms with Crippen LogP contribution >= 0.6 is 0 Å². The molecule has 4 heteroatoms. The molecule has 2 N–H and O–H groups in total. The van der Waals surface area contributed by atoms with Gasteiger partial charge < -0.3 is 10.6 Å². The molecule has 0 aliphatic heterocycles. The van der Waals surface area contributed by atoms with E-state index < -0.39 is 0 Å². The van der Waals surface area contributed by atoms with Gasteiger partial charge in [0.1, 0.15) is 11.5 Å². The van der Waals surface area contributed by atoms with Crippen molar-refractivity contribution in [3.8, 4) is 0 Å². The fourth-order valence-electron chi connectivity index (χ4n) is 1.86. The summed E-state index contributed by atoms with van der Waals surface area (Å²) in [6.07, 6.45) is 0. The Labute approximate surface area is 112 Å². The summed E-state index contributed by atoms with van der Waals surface area (Å²) >= 11 is 0. The predicted molar refractivity (Wildman–Crippen MR) is 75.5 cm³/mol. The summed E-state index contributed by atoms with van der Waals surface area (Å²) in [4.78, 5) is 18.2. The first-order chi connectivity index (χ1) is 9.20. The molecule has 1 amide bonds. The highest BCUT2D eigenvalue weighted by atomic mass is 16.2. The third-order valence-electron chi connectivity index (χ3n) is 2.87. The molecule has 0 spiro atoms. The van der Waals surface area contributed by atoms with E-state index in [9.17, 15) is 4.79 Å². The molecule has 0 saturated heterocycles. The molecule has 1 heterocycles. The van der Waals surface area contributed by atoms with E-state index in [0.717, 1.165) is 5.56 Å². The minimum atomic E-state index is -0.0985. The van der Waals surface area contributed by atoms with Crippen molar-refractivity contribution < 1.29 is 4.79 Å². The SMILES string of the molecule is CCN(Cc1ccccc1)C(=O)c1cccc(N)n1. The molecule has 1 aromatic carbocycles. The first kappa shape index (κ1) is 13.1. The van der Waals surface area contributed by atoms with Gasteiger partial charge in [0.25, 0.3) is 5.91 Å². The lowest BCUT2D eigenvalue weighted by Crippen LogP contribution is -2.31. The van der Waals surface area contributed by atoms with Crippen LogP contribution in [0.4, 0.5) is 5.82 Å². The van der Waals surface area contributed by atoms with Crippen LogP contribution in [0.3, 0.4) is 0 Å². The smallest absolute Gasteiger partial charge is 0.272 e. The van der Waals surface area contributed by atoms with Gasteiger partial charge in [0.05, 0.1) is 0 Å². The summed E-state index contributed by atoms with van der Waals surface area (Å²) in [5.74, 6) is 0.264. The van der Waals surface area contributed by atoms with Crippen LogP contribution in [-0.4, -0.2) is 22.3 Å². The predicted octanol–water partition coefficient (Wildman–Crippen LogP) is 2.33. The lowest BCUT2D eigenvalue weighted by molar-refractivity contribution is 0.0747. The zero-order chi connectivity index (χ0) is 13.7. The summed E-state index contributed by atoms with van der Waals surface area (Å²) in [6, 6.07) is 15.0. The van der Waals surface area contributed by atoms with E-state index in [-0.39, 0.29) is 5.91 Å². The molecule has 0 aliphatic rings. The maximum absolute atomic E-state index is 12.3. The molecule has 1 aromatic heterocycles. The number of nitrogens with two attached hydrogens (primary N) is 1. The van der Waals surface area contributed by atoms with Gasteiger partial charge in [-0.15, -0.1) is 0 Å². The minimum Gasteiger partial charge on any atom is -0.384 e. The van der Waals surface area contributed by atoms with Crippen molar-refractivity contribution in [2.45, 2.75) is 13.5 Å². The van der Waals surface area contributed by atoms with Gasteiger partial charge >= 0.3 is 0 Å². The summed E-state index contributed by atoms with van der Waals surface area (Å²) < 4.78 is 0. The third kappa shape index (κ3) is 3.31. The van der Waals surface area contributed by atoms with Gasteiger partial charge in [-0.1, -0.05) is 36.4 Å². The van der Waals surface area contributed by atoms with E-state index in [0.29, 0.717) is 24.6 Å². The van der Waals surface area contributed by atoms with Crippen molar-refractivity contribution in [1.82, 2.24) is 9.88 Å². The number of rotatable bonds is 4. The van der Waals surface area contributed by atoms with E-state index in [1.807, 2.05) is 37.3 Å². The quantitative estimate of drug-likeness (QED) is 0.912. The van der Waals surface area contributed by atoms with Gasteiger partial charge in [-0.05, 0) is 24.6 Å². The number of carbonyl (C=O) groups excluding carboxylic acids is 1. The zero-order valence-corrected chi connectivity index (χ0v) is 10.9. The maximum Gasteiger partial charge on any atom is 0.272 e. The van der Waals surface area contributed by atoms with Gasteiger partial charge in [-0.25, -0.2) is 4.98 Å². The van der Waals surface area contributed by atoms with Gasteiger partial charge in [-0.3, -0.25) is 4.79 Å². The Balaban J connectivity index is 2.16. The second kappa shape index (κ2) is 6.00. The average molecular weight is 255 g/mol. The first-order valence-corrected chi connectivity index (χ1v) is 6.26. The van der Waals surface area contributed by atoms with Crippen LogP contribution in [0.5, 0.6) is 0 Å². The van der Waals surface area contributed by atoms with Crippen LogP contribution in [0.1, 0.15) is 23.0 Å². The molecule has 0 radical (unpaired) electrons. The largest absolute Gasteiger partial charge is 0.384 e. The van der Waals surface area contributed by atoms with Crippen LogP contribution in [0.25, 0.3) is 0 Å². The highest BCUT2D eigenvalue weighted by Crippen LogP contribution is 2.09. The van der Waals surface area contributed by atoms with Crippen LogP contribution in [-0.2, 0) is 6.54 Å². The number of carbonyl (C=O) groups is 1. The number of benzene rings is 1. The van der Waals surface area contributed by atoms with E-state index in [2.05, 4.69) is 4.98 Å². The molecular formula is C15H17N3O. The van der Waals surface area contributed by atoms with E-state index >= 15 is 0 Å². The fraction of sp³-hybridized carbons (Fsp3) is 0.200. The van der Waals surface area contributed by atoms with E-state index in [1.54, 1.807) is 23.1 Å². The fourth-order valence-corrected chi connectivity index (χ4v) is 1.86. The van der Waals surface area contributed by atoms with E-state index in [4.69, 9.17) is 5.73 Å². The van der Waals surface area contributed by atoms with Crippen molar-refractivity contribution in [1.29, 1.82) is 0 Å². The summed E-state index contributed by atoms with van der Waals surface area (Å²) in [5, 5.41) is 0. The Morgan fingerprint density at radius 2 is 1.89 bits per heavy atom. The number of nitrogen functional groups attached to an aromatic ring is 1. The summed E-state index contributed by atoms with van der Waals surface area (Å²) in [6.45, 7) is 3.16.